The zero-order valence-corrected chi connectivity index (χ0v) is 10.2. The highest BCUT2D eigenvalue weighted by Gasteiger charge is 2.33. The maximum absolute atomic E-state index is 12.2. The maximum atomic E-state index is 12.2. The number of rotatable bonds is 0. The molecule has 1 aliphatic heterocycles. The quantitative estimate of drug-likeness (QED) is 0.674. The van der Waals surface area contributed by atoms with Crippen LogP contribution in [0.1, 0.15) is 20.7 Å². The van der Waals surface area contributed by atoms with E-state index in [0.717, 1.165) is 0 Å². The highest BCUT2D eigenvalue weighted by molar-refractivity contribution is 8.06. The average Bonchev–Trinajstić information content (AvgIpc) is 2.36. The SMILES string of the molecule is O=C1C2=C(SC(Cl)C=C2)C(=O)c2ccccc21. The van der Waals surface area contributed by atoms with Crippen LogP contribution in [0.25, 0.3) is 0 Å². The molecule has 4 heteroatoms. The van der Waals surface area contributed by atoms with E-state index in [2.05, 4.69) is 0 Å². The van der Waals surface area contributed by atoms with Crippen molar-refractivity contribution in [1.82, 2.24) is 0 Å². The molecule has 1 atom stereocenters. The van der Waals surface area contributed by atoms with E-state index in [-0.39, 0.29) is 16.3 Å². The number of thioether (sulfide) groups is 1. The van der Waals surface area contributed by atoms with Crippen LogP contribution in [0.2, 0.25) is 0 Å². The Bertz CT molecular complexity index is 601. The van der Waals surface area contributed by atoms with Gasteiger partial charge in [0.1, 0.15) is 4.71 Å². The van der Waals surface area contributed by atoms with Crippen molar-refractivity contribution in [1.29, 1.82) is 0 Å². The molecule has 0 radical (unpaired) electrons. The van der Waals surface area contributed by atoms with E-state index in [4.69, 9.17) is 11.6 Å². The molecule has 1 heterocycles. The largest absolute Gasteiger partial charge is 0.289 e. The first-order chi connectivity index (χ1) is 8.18. The predicted octanol–water partition coefficient (Wildman–Crippen LogP) is 3.19. The first-order valence-electron chi connectivity index (χ1n) is 5.10. The molecule has 3 rings (SSSR count). The van der Waals surface area contributed by atoms with E-state index in [9.17, 15) is 9.59 Å². The number of benzene rings is 1. The summed E-state index contributed by atoms with van der Waals surface area (Å²) < 4.78 is -0.282. The molecule has 1 aromatic rings. The predicted molar refractivity (Wildman–Crippen MR) is 68.5 cm³/mol. The maximum Gasteiger partial charge on any atom is 0.200 e. The van der Waals surface area contributed by atoms with Gasteiger partial charge in [0.05, 0.1) is 4.91 Å². The van der Waals surface area contributed by atoms with Gasteiger partial charge in [-0.2, -0.15) is 0 Å². The van der Waals surface area contributed by atoms with Crippen LogP contribution in [0.5, 0.6) is 0 Å². The van der Waals surface area contributed by atoms with Crippen LogP contribution in [0.4, 0.5) is 0 Å². The molecule has 1 unspecified atom stereocenters. The van der Waals surface area contributed by atoms with Crippen LogP contribution in [0.3, 0.4) is 0 Å². The van der Waals surface area contributed by atoms with Crippen molar-refractivity contribution in [2.75, 3.05) is 0 Å². The second-order valence-electron chi connectivity index (χ2n) is 3.77. The van der Waals surface area contributed by atoms with Crippen LogP contribution in [0.15, 0.2) is 46.9 Å². The number of alkyl halides is 1. The lowest BCUT2D eigenvalue weighted by Gasteiger charge is -2.22. The van der Waals surface area contributed by atoms with Crippen molar-refractivity contribution in [3.05, 3.63) is 58.0 Å². The van der Waals surface area contributed by atoms with E-state index >= 15 is 0 Å². The fraction of sp³-hybridized carbons (Fsp3) is 0.0769. The van der Waals surface area contributed by atoms with Crippen LogP contribution in [-0.2, 0) is 0 Å². The molecule has 84 valence electrons. The summed E-state index contributed by atoms with van der Waals surface area (Å²) in [5, 5.41) is 0. The minimum Gasteiger partial charge on any atom is -0.289 e. The third-order valence-electron chi connectivity index (χ3n) is 2.76. The Morgan fingerprint density at radius 1 is 1.06 bits per heavy atom. The van der Waals surface area contributed by atoms with Crippen LogP contribution < -0.4 is 0 Å². The lowest BCUT2D eigenvalue weighted by Crippen LogP contribution is -2.22. The fourth-order valence-electron chi connectivity index (χ4n) is 1.96. The Morgan fingerprint density at radius 3 is 2.41 bits per heavy atom. The lowest BCUT2D eigenvalue weighted by atomic mass is 9.89. The van der Waals surface area contributed by atoms with E-state index < -0.39 is 0 Å². The zero-order chi connectivity index (χ0) is 12.0. The van der Waals surface area contributed by atoms with Gasteiger partial charge in [-0.05, 0) is 0 Å². The highest BCUT2D eigenvalue weighted by atomic mass is 35.5. The summed E-state index contributed by atoms with van der Waals surface area (Å²) >= 11 is 7.19. The lowest BCUT2D eigenvalue weighted by molar-refractivity contribution is 0.0984. The van der Waals surface area contributed by atoms with Gasteiger partial charge in [-0.3, -0.25) is 9.59 Å². The van der Waals surface area contributed by atoms with Crippen molar-refractivity contribution in [2.24, 2.45) is 0 Å². The van der Waals surface area contributed by atoms with Crippen molar-refractivity contribution in [3.63, 3.8) is 0 Å². The Kier molecular flexibility index (Phi) is 2.45. The molecule has 17 heavy (non-hydrogen) atoms. The first-order valence-corrected chi connectivity index (χ1v) is 6.42. The van der Waals surface area contributed by atoms with Crippen LogP contribution >= 0.6 is 23.4 Å². The Hall–Kier alpha value is -1.32. The van der Waals surface area contributed by atoms with E-state index in [1.54, 1.807) is 36.4 Å². The molecule has 1 aromatic carbocycles. The second kappa shape index (κ2) is 3.86. The number of hydrogen-bond acceptors (Lipinski definition) is 3. The highest BCUT2D eigenvalue weighted by Crippen LogP contribution is 2.39. The Labute approximate surface area is 107 Å². The van der Waals surface area contributed by atoms with Gasteiger partial charge in [-0.1, -0.05) is 48.2 Å². The van der Waals surface area contributed by atoms with Crippen molar-refractivity contribution in [3.8, 4) is 0 Å². The van der Waals surface area contributed by atoms with Crippen LogP contribution in [-0.4, -0.2) is 16.3 Å². The van der Waals surface area contributed by atoms with Crippen molar-refractivity contribution >= 4 is 34.9 Å². The standard InChI is InChI=1S/C13H7ClO2S/c14-10-6-5-9-11(15)7-3-1-2-4-8(7)12(16)13(9)17-10/h1-6,10H. The molecule has 2 nitrogen and oxygen atoms in total. The third-order valence-corrected chi connectivity index (χ3v) is 4.19. The molecule has 0 saturated heterocycles. The van der Waals surface area contributed by atoms with Gasteiger partial charge in [0.2, 0.25) is 5.78 Å². The van der Waals surface area contributed by atoms with E-state index in [1.807, 2.05) is 0 Å². The molecule has 0 spiro atoms. The van der Waals surface area contributed by atoms with Gasteiger partial charge in [0.15, 0.2) is 5.78 Å². The number of Topliss-reactive ketones (excluding diaryl/α,β-unsaturated/α-hetero) is 2. The molecular formula is C13H7ClO2S. The van der Waals surface area contributed by atoms with Crippen LogP contribution in [0, 0.1) is 0 Å². The number of allylic oxidation sites excluding steroid dienone is 3. The van der Waals surface area contributed by atoms with Gasteiger partial charge in [-0.15, -0.1) is 11.6 Å². The molecule has 2 aliphatic rings. The number of carbonyl (C=O) groups is 2. The normalized spacial score (nSPS) is 22.5. The molecule has 0 bridgehead atoms. The van der Waals surface area contributed by atoms with Crippen molar-refractivity contribution < 1.29 is 9.59 Å². The zero-order valence-electron chi connectivity index (χ0n) is 8.64. The smallest absolute Gasteiger partial charge is 0.200 e. The summed E-state index contributed by atoms with van der Waals surface area (Å²) in [6, 6.07) is 6.89. The van der Waals surface area contributed by atoms with Crippen molar-refractivity contribution in [2.45, 2.75) is 4.71 Å². The molecule has 0 saturated carbocycles. The molecule has 0 fully saturated rings. The number of hydrogen-bond donors (Lipinski definition) is 0. The number of ketones is 2. The minimum atomic E-state index is -0.282. The van der Waals surface area contributed by atoms with E-state index in [1.165, 1.54) is 11.8 Å². The van der Waals surface area contributed by atoms with Gasteiger partial charge < -0.3 is 0 Å². The van der Waals surface area contributed by atoms with Gasteiger partial charge in [0.25, 0.3) is 0 Å². The Balaban J connectivity index is 2.21. The summed E-state index contributed by atoms with van der Waals surface area (Å²) in [4.78, 5) is 24.9. The monoisotopic (exact) mass is 262 g/mol. The average molecular weight is 263 g/mol. The molecule has 0 amide bonds. The summed E-state index contributed by atoms with van der Waals surface area (Å²) in [5.41, 5.74) is 1.42. The van der Waals surface area contributed by atoms with Gasteiger partial charge >= 0.3 is 0 Å². The molecule has 1 aliphatic carbocycles. The molecule has 0 N–H and O–H groups in total. The summed E-state index contributed by atoms with van der Waals surface area (Å²) in [7, 11) is 0. The summed E-state index contributed by atoms with van der Waals surface area (Å²) in [5.74, 6) is -0.197. The minimum absolute atomic E-state index is 0.0949. The first kappa shape index (κ1) is 10.8. The van der Waals surface area contributed by atoms with Gasteiger partial charge in [0, 0.05) is 16.7 Å². The topological polar surface area (TPSA) is 34.1 Å². The van der Waals surface area contributed by atoms with Gasteiger partial charge in [-0.25, -0.2) is 0 Å². The number of fused-ring (bicyclic) bond motifs is 1. The summed E-state index contributed by atoms with van der Waals surface area (Å²) in [6.07, 6.45) is 3.38. The second-order valence-corrected chi connectivity index (χ2v) is 5.66. The molecular weight excluding hydrogens is 256 g/mol. The third kappa shape index (κ3) is 1.58. The summed E-state index contributed by atoms with van der Waals surface area (Å²) in [6.45, 7) is 0. The van der Waals surface area contributed by atoms with E-state index in [0.29, 0.717) is 21.6 Å². The number of carbonyl (C=O) groups excluding carboxylic acids is 2. The number of halogens is 1. The molecule has 0 aromatic heterocycles. The fourth-order valence-corrected chi connectivity index (χ4v) is 3.19. The Morgan fingerprint density at radius 2 is 1.71 bits per heavy atom.